The Bertz CT molecular complexity index is 126. The van der Waals surface area contributed by atoms with Crippen molar-refractivity contribution < 1.29 is 13.9 Å². The maximum absolute atomic E-state index is 12.6. The molecule has 0 aromatic heterocycles. The molecular formula is C10H20F2O. The van der Waals surface area contributed by atoms with Crippen LogP contribution in [0.25, 0.3) is 0 Å². The van der Waals surface area contributed by atoms with E-state index >= 15 is 0 Å². The number of hydrogen-bond acceptors (Lipinski definition) is 1. The highest BCUT2D eigenvalue weighted by Crippen LogP contribution is 2.31. The molecule has 0 bridgehead atoms. The molecule has 0 aromatic carbocycles. The Morgan fingerprint density at radius 2 is 1.85 bits per heavy atom. The second-order valence-corrected chi connectivity index (χ2v) is 3.67. The average molecular weight is 194 g/mol. The van der Waals surface area contributed by atoms with Crippen molar-refractivity contribution in [3.8, 4) is 0 Å². The van der Waals surface area contributed by atoms with Gasteiger partial charge < -0.3 is 5.11 Å². The van der Waals surface area contributed by atoms with E-state index in [1.165, 1.54) is 6.42 Å². The van der Waals surface area contributed by atoms with Crippen LogP contribution in [-0.4, -0.2) is 17.1 Å². The van der Waals surface area contributed by atoms with E-state index in [-0.39, 0.29) is 12.8 Å². The molecule has 1 aliphatic rings. The van der Waals surface area contributed by atoms with Crippen molar-refractivity contribution in [1.29, 1.82) is 0 Å². The Hall–Kier alpha value is -0.180. The number of aliphatic hydroxyl groups is 1. The molecule has 1 atom stereocenters. The smallest absolute Gasteiger partial charge is 0.250 e. The first-order valence-corrected chi connectivity index (χ1v) is 5.07. The lowest BCUT2D eigenvalue weighted by Crippen LogP contribution is -2.20. The van der Waals surface area contributed by atoms with Crippen molar-refractivity contribution in [2.45, 2.75) is 64.4 Å². The number of alkyl halides is 2. The average Bonchev–Trinajstić information content (AvgIpc) is 2.11. The van der Waals surface area contributed by atoms with Gasteiger partial charge in [-0.2, -0.15) is 0 Å². The van der Waals surface area contributed by atoms with Crippen molar-refractivity contribution >= 4 is 0 Å². The SMILES string of the molecule is CCC.OC1CCCCC(F)(F)C1. The van der Waals surface area contributed by atoms with Crippen LogP contribution in [0, 0.1) is 0 Å². The zero-order chi connectivity index (χ0) is 10.3. The van der Waals surface area contributed by atoms with Crippen molar-refractivity contribution in [3.05, 3.63) is 0 Å². The van der Waals surface area contributed by atoms with E-state index in [2.05, 4.69) is 13.8 Å². The molecule has 0 heterocycles. The van der Waals surface area contributed by atoms with E-state index in [0.29, 0.717) is 12.8 Å². The standard InChI is InChI=1S/C7H12F2O.C3H8/c8-7(9)4-2-1-3-6(10)5-7;1-3-2/h6,10H,1-5H2;3H2,1-2H3. The Morgan fingerprint density at radius 3 is 2.38 bits per heavy atom. The molecule has 0 amide bonds. The van der Waals surface area contributed by atoms with Gasteiger partial charge in [-0.3, -0.25) is 0 Å². The van der Waals surface area contributed by atoms with E-state index in [0.717, 1.165) is 6.42 Å². The lowest BCUT2D eigenvalue weighted by molar-refractivity contribution is -0.0427. The summed E-state index contributed by atoms with van der Waals surface area (Å²) in [7, 11) is 0. The summed E-state index contributed by atoms with van der Waals surface area (Å²) >= 11 is 0. The normalized spacial score (nSPS) is 27.0. The summed E-state index contributed by atoms with van der Waals surface area (Å²) in [4.78, 5) is 0. The zero-order valence-electron chi connectivity index (χ0n) is 8.52. The summed E-state index contributed by atoms with van der Waals surface area (Å²) in [6.45, 7) is 4.25. The van der Waals surface area contributed by atoms with Gasteiger partial charge in [-0.25, -0.2) is 8.78 Å². The molecule has 0 saturated heterocycles. The molecular weight excluding hydrogens is 174 g/mol. The van der Waals surface area contributed by atoms with Crippen molar-refractivity contribution in [2.75, 3.05) is 0 Å². The number of rotatable bonds is 0. The molecule has 80 valence electrons. The van der Waals surface area contributed by atoms with Gasteiger partial charge in [-0.1, -0.05) is 26.7 Å². The third kappa shape index (κ3) is 6.94. The van der Waals surface area contributed by atoms with Gasteiger partial charge in [0.2, 0.25) is 0 Å². The molecule has 1 aliphatic carbocycles. The highest BCUT2D eigenvalue weighted by atomic mass is 19.3. The second-order valence-electron chi connectivity index (χ2n) is 3.67. The van der Waals surface area contributed by atoms with Crippen molar-refractivity contribution in [3.63, 3.8) is 0 Å². The van der Waals surface area contributed by atoms with Gasteiger partial charge in [0.1, 0.15) is 0 Å². The Balaban J connectivity index is 0.000000424. The summed E-state index contributed by atoms with van der Waals surface area (Å²) in [5.41, 5.74) is 0. The topological polar surface area (TPSA) is 20.2 Å². The van der Waals surface area contributed by atoms with Gasteiger partial charge in [0.15, 0.2) is 0 Å². The maximum Gasteiger partial charge on any atom is 0.250 e. The third-order valence-electron chi connectivity index (χ3n) is 1.86. The summed E-state index contributed by atoms with van der Waals surface area (Å²) in [5, 5.41) is 8.94. The molecule has 0 aromatic rings. The highest BCUT2D eigenvalue weighted by Gasteiger charge is 2.33. The second kappa shape index (κ2) is 6.30. The van der Waals surface area contributed by atoms with Gasteiger partial charge in [-0.05, 0) is 12.8 Å². The molecule has 13 heavy (non-hydrogen) atoms. The van der Waals surface area contributed by atoms with E-state index < -0.39 is 12.0 Å². The molecule has 1 fully saturated rings. The van der Waals surface area contributed by atoms with Gasteiger partial charge in [0.25, 0.3) is 5.92 Å². The fourth-order valence-electron chi connectivity index (χ4n) is 1.31. The van der Waals surface area contributed by atoms with Gasteiger partial charge in [-0.15, -0.1) is 0 Å². The van der Waals surface area contributed by atoms with Gasteiger partial charge >= 0.3 is 0 Å². The molecule has 1 rings (SSSR count). The number of hydrogen-bond donors (Lipinski definition) is 1. The predicted molar refractivity (Wildman–Crippen MR) is 50.0 cm³/mol. The fourth-order valence-corrected chi connectivity index (χ4v) is 1.31. The van der Waals surface area contributed by atoms with Crippen LogP contribution < -0.4 is 0 Å². The molecule has 0 aliphatic heterocycles. The first-order valence-electron chi connectivity index (χ1n) is 5.07. The molecule has 0 spiro atoms. The number of aliphatic hydroxyl groups excluding tert-OH is 1. The summed E-state index contributed by atoms with van der Waals surface area (Å²) in [6, 6.07) is 0. The van der Waals surface area contributed by atoms with Crippen LogP contribution in [0.15, 0.2) is 0 Å². The van der Waals surface area contributed by atoms with Crippen LogP contribution in [0.3, 0.4) is 0 Å². The summed E-state index contributed by atoms with van der Waals surface area (Å²) < 4.78 is 25.1. The zero-order valence-corrected chi connectivity index (χ0v) is 8.52. The van der Waals surface area contributed by atoms with Crippen LogP contribution in [0.1, 0.15) is 52.4 Å². The first kappa shape index (κ1) is 12.8. The number of halogens is 2. The van der Waals surface area contributed by atoms with E-state index in [4.69, 9.17) is 5.11 Å². The van der Waals surface area contributed by atoms with E-state index in [9.17, 15) is 8.78 Å². The quantitative estimate of drug-likeness (QED) is 0.586. The van der Waals surface area contributed by atoms with Crippen LogP contribution in [-0.2, 0) is 0 Å². The van der Waals surface area contributed by atoms with Crippen molar-refractivity contribution in [1.82, 2.24) is 0 Å². The predicted octanol–water partition coefficient (Wildman–Crippen LogP) is 3.36. The Kier molecular flexibility index (Phi) is 6.21. The first-order chi connectivity index (χ1) is 6.02. The maximum atomic E-state index is 12.6. The molecule has 1 unspecified atom stereocenters. The van der Waals surface area contributed by atoms with Crippen LogP contribution in [0.4, 0.5) is 8.78 Å². The van der Waals surface area contributed by atoms with Crippen LogP contribution in [0.5, 0.6) is 0 Å². The lowest BCUT2D eigenvalue weighted by atomic mass is 10.1. The van der Waals surface area contributed by atoms with E-state index in [1.54, 1.807) is 0 Å². The van der Waals surface area contributed by atoms with Gasteiger partial charge in [0.05, 0.1) is 6.10 Å². The third-order valence-corrected chi connectivity index (χ3v) is 1.86. The largest absolute Gasteiger partial charge is 0.393 e. The molecule has 1 saturated carbocycles. The Morgan fingerprint density at radius 1 is 1.31 bits per heavy atom. The highest BCUT2D eigenvalue weighted by molar-refractivity contribution is 4.75. The molecule has 1 nitrogen and oxygen atoms in total. The van der Waals surface area contributed by atoms with Crippen LogP contribution >= 0.6 is 0 Å². The summed E-state index contributed by atoms with van der Waals surface area (Å²) in [5.74, 6) is -2.62. The molecule has 0 radical (unpaired) electrons. The van der Waals surface area contributed by atoms with Gasteiger partial charge in [0, 0.05) is 12.8 Å². The Labute approximate surface area is 79.1 Å². The summed E-state index contributed by atoms with van der Waals surface area (Å²) in [6.07, 6.45) is 1.89. The van der Waals surface area contributed by atoms with E-state index in [1.807, 2.05) is 0 Å². The minimum absolute atomic E-state index is 0.0515. The lowest BCUT2D eigenvalue weighted by Gasteiger charge is -2.14. The minimum Gasteiger partial charge on any atom is -0.393 e. The fraction of sp³-hybridized carbons (Fsp3) is 1.00. The van der Waals surface area contributed by atoms with Crippen molar-refractivity contribution in [2.24, 2.45) is 0 Å². The van der Waals surface area contributed by atoms with Crippen LogP contribution in [0.2, 0.25) is 0 Å². The monoisotopic (exact) mass is 194 g/mol. The molecule has 3 heteroatoms. The minimum atomic E-state index is -2.62. The molecule has 1 N–H and O–H groups in total.